The number of rotatable bonds is 7. The Hall–Kier alpha value is -1.60. The number of hydrogen-bond donors (Lipinski definition) is 0. The maximum atomic E-state index is 13.9. The fourth-order valence-corrected chi connectivity index (χ4v) is 9.12. The van der Waals surface area contributed by atoms with E-state index in [1.807, 2.05) is 0 Å². The fraction of sp³-hybridized carbons (Fsp3) is 0.867. The second-order valence-electron chi connectivity index (χ2n) is 13.1. The summed E-state index contributed by atoms with van der Waals surface area (Å²) < 4.78 is 10.9. The molecule has 0 N–H and O–H groups in total. The van der Waals surface area contributed by atoms with Crippen molar-refractivity contribution < 1.29 is 28.7 Å². The number of hydrogen-bond acceptors (Lipinski definition) is 7. The van der Waals surface area contributed by atoms with Crippen LogP contribution in [0.2, 0.25) is 0 Å². The lowest BCUT2D eigenvalue weighted by Gasteiger charge is -2.58. The van der Waals surface area contributed by atoms with Gasteiger partial charge in [0.2, 0.25) is 0 Å². The standard InChI is InChI=1S/C30H45NO6/c1-19(4-7-27(35)37-15-12-31-10-13-36-14-11-31)22-5-6-23-28-24(18-26(34)30(22,23)3)29(2)9-8-21(32)16-20(29)17-25(28)33/h19-20,22-24,28H,4-18H2,1-3H3/t19?,20?,22?,23-,24-,28?,29?,30?/m0/s1. The Morgan fingerprint density at radius 3 is 2.59 bits per heavy atom. The van der Waals surface area contributed by atoms with Gasteiger partial charge in [0, 0.05) is 63.1 Å². The van der Waals surface area contributed by atoms with E-state index in [1.165, 1.54) is 0 Å². The molecule has 0 aromatic heterocycles. The highest BCUT2D eigenvalue weighted by Crippen LogP contribution is 2.66. The van der Waals surface area contributed by atoms with Crippen molar-refractivity contribution in [3.63, 3.8) is 0 Å². The molecule has 4 saturated carbocycles. The molecule has 5 aliphatic rings. The predicted octanol–water partition coefficient (Wildman–Crippen LogP) is 3.86. The van der Waals surface area contributed by atoms with E-state index < -0.39 is 5.41 Å². The van der Waals surface area contributed by atoms with Crippen molar-refractivity contribution in [3.05, 3.63) is 0 Å². The lowest BCUT2D eigenvalue weighted by molar-refractivity contribution is -0.166. The molecule has 0 aromatic rings. The monoisotopic (exact) mass is 515 g/mol. The fourth-order valence-electron chi connectivity index (χ4n) is 9.12. The van der Waals surface area contributed by atoms with Crippen LogP contribution in [0.5, 0.6) is 0 Å². The number of morpholine rings is 1. The maximum Gasteiger partial charge on any atom is 0.305 e. The van der Waals surface area contributed by atoms with Gasteiger partial charge < -0.3 is 9.47 Å². The number of esters is 1. The molecule has 206 valence electrons. The second-order valence-corrected chi connectivity index (χ2v) is 13.1. The molecule has 1 saturated heterocycles. The Morgan fingerprint density at radius 1 is 1.08 bits per heavy atom. The molecule has 37 heavy (non-hydrogen) atoms. The quantitative estimate of drug-likeness (QED) is 0.476. The third-order valence-corrected chi connectivity index (χ3v) is 11.5. The van der Waals surface area contributed by atoms with E-state index in [0.717, 1.165) is 52.1 Å². The molecule has 0 bridgehead atoms. The van der Waals surface area contributed by atoms with Crippen molar-refractivity contribution in [1.29, 1.82) is 0 Å². The molecule has 0 aromatic carbocycles. The van der Waals surface area contributed by atoms with Crippen LogP contribution in [0.4, 0.5) is 0 Å². The molecule has 1 aliphatic heterocycles. The third kappa shape index (κ3) is 4.84. The van der Waals surface area contributed by atoms with E-state index in [1.54, 1.807) is 0 Å². The third-order valence-electron chi connectivity index (χ3n) is 11.5. The van der Waals surface area contributed by atoms with Crippen LogP contribution in [-0.2, 0) is 28.7 Å². The summed E-state index contributed by atoms with van der Waals surface area (Å²) in [4.78, 5) is 54.3. The molecule has 8 atom stereocenters. The van der Waals surface area contributed by atoms with Gasteiger partial charge in [0.05, 0.1) is 13.2 Å². The van der Waals surface area contributed by atoms with Crippen LogP contribution in [0.1, 0.15) is 78.6 Å². The molecule has 5 fully saturated rings. The van der Waals surface area contributed by atoms with E-state index in [2.05, 4.69) is 25.7 Å². The van der Waals surface area contributed by atoms with Crippen LogP contribution >= 0.6 is 0 Å². The van der Waals surface area contributed by atoms with Crippen LogP contribution in [0.3, 0.4) is 0 Å². The Kier molecular flexibility index (Phi) is 7.67. The highest BCUT2D eigenvalue weighted by molar-refractivity contribution is 5.93. The summed E-state index contributed by atoms with van der Waals surface area (Å²) in [5.74, 6) is 1.34. The summed E-state index contributed by atoms with van der Waals surface area (Å²) >= 11 is 0. The number of nitrogens with zero attached hydrogens (tertiary/aromatic N) is 1. The SMILES string of the molecule is CC(CCC(=O)OCCN1CCOCC1)C1CC[C@H]2C3C(=O)CC4CC(=O)CCC4(C)[C@H]3CC(=O)C12C. The molecular formula is C30H45NO6. The predicted molar refractivity (Wildman–Crippen MR) is 138 cm³/mol. The largest absolute Gasteiger partial charge is 0.464 e. The van der Waals surface area contributed by atoms with Gasteiger partial charge in [-0.15, -0.1) is 0 Å². The second kappa shape index (κ2) is 10.5. The number of fused-ring (bicyclic) bond motifs is 5. The first-order valence-corrected chi connectivity index (χ1v) is 14.7. The Morgan fingerprint density at radius 2 is 1.84 bits per heavy atom. The summed E-state index contributed by atoms with van der Waals surface area (Å²) in [6, 6.07) is 0. The van der Waals surface area contributed by atoms with E-state index >= 15 is 0 Å². The summed E-state index contributed by atoms with van der Waals surface area (Å²) in [5.41, 5.74) is -0.581. The van der Waals surface area contributed by atoms with Gasteiger partial charge in [-0.25, -0.2) is 0 Å². The summed E-state index contributed by atoms with van der Waals surface area (Å²) in [5, 5.41) is 0. The van der Waals surface area contributed by atoms with Gasteiger partial charge in [-0.2, -0.15) is 0 Å². The van der Waals surface area contributed by atoms with Crippen LogP contribution < -0.4 is 0 Å². The smallest absolute Gasteiger partial charge is 0.305 e. The molecule has 6 unspecified atom stereocenters. The van der Waals surface area contributed by atoms with Gasteiger partial charge in [-0.3, -0.25) is 24.1 Å². The minimum Gasteiger partial charge on any atom is -0.464 e. The molecule has 4 aliphatic carbocycles. The zero-order chi connectivity index (χ0) is 26.4. The minimum atomic E-state index is -0.496. The summed E-state index contributed by atoms with van der Waals surface area (Å²) in [7, 11) is 0. The lowest BCUT2D eigenvalue weighted by atomic mass is 9.44. The van der Waals surface area contributed by atoms with Crippen molar-refractivity contribution in [2.75, 3.05) is 39.5 Å². The molecule has 0 amide bonds. The number of carbonyl (C=O) groups excluding carboxylic acids is 4. The molecule has 5 rings (SSSR count). The van der Waals surface area contributed by atoms with E-state index in [0.29, 0.717) is 56.7 Å². The van der Waals surface area contributed by atoms with Gasteiger partial charge >= 0.3 is 5.97 Å². The van der Waals surface area contributed by atoms with Crippen molar-refractivity contribution in [2.45, 2.75) is 78.6 Å². The van der Waals surface area contributed by atoms with Gasteiger partial charge in [0.15, 0.2) is 0 Å². The van der Waals surface area contributed by atoms with Crippen molar-refractivity contribution in [3.8, 4) is 0 Å². The van der Waals surface area contributed by atoms with Crippen molar-refractivity contribution >= 4 is 23.3 Å². The summed E-state index contributed by atoms with van der Waals surface area (Å²) in [6.45, 7) is 10.9. The zero-order valence-corrected chi connectivity index (χ0v) is 23.0. The number of Topliss-reactive ketones (excluding diaryl/α,β-unsaturated/α-hetero) is 3. The van der Waals surface area contributed by atoms with Gasteiger partial charge in [0.1, 0.15) is 24.0 Å². The Balaban J connectivity index is 1.20. The maximum absolute atomic E-state index is 13.9. The Labute approximate surface area is 221 Å². The molecule has 1 heterocycles. The van der Waals surface area contributed by atoms with Crippen molar-refractivity contribution in [2.24, 2.45) is 46.3 Å². The topological polar surface area (TPSA) is 90.0 Å². The van der Waals surface area contributed by atoms with Crippen LogP contribution in [0.15, 0.2) is 0 Å². The lowest BCUT2D eigenvalue weighted by Crippen LogP contribution is -2.60. The van der Waals surface area contributed by atoms with Crippen LogP contribution in [0, 0.1) is 46.3 Å². The number of ether oxygens (including phenoxy) is 2. The average Bonchev–Trinajstić information content (AvgIpc) is 3.23. The molecule has 7 nitrogen and oxygen atoms in total. The van der Waals surface area contributed by atoms with Gasteiger partial charge in [0.25, 0.3) is 0 Å². The number of carbonyl (C=O) groups is 4. The normalized spacial score (nSPS) is 41.1. The van der Waals surface area contributed by atoms with Crippen LogP contribution in [0.25, 0.3) is 0 Å². The first-order valence-electron chi connectivity index (χ1n) is 14.7. The van der Waals surface area contributed by atoms with Gasteiger partial charge in [-0.05, 0) is 60.7 Å². The highest BCUT2D eigenvalue weighted by atomic mass is 16.5. The molecule has 0 radical (unpaired) electrons. The molecule has 7 heteroatoms. The van der Waals surface area contributed by atoms with E-state index in [9.17, 15) is 19.2 Å². The van der Waals surface area contributed by atoms with Crippen LogP contribution in [-0.4, -0.2) is 67.7 Å². The molecule has 0 spiro atoms. The highest BCUT2D eigenvalue weighted by Gasteiger charge is 2.66. The van der Waals surface area contributed by atoms with Crippen molar-refractivity contribution in [1.82, 2.24) is 4.90 Å². The van der Waals surface area contributed by atoms with Gasteiger partial charge in [-0.1, -0.05) is 20.8 Å². The van der Waals surface area contributed by atoms with E-state index in [-0.39, 0.29) is 52.7 Å². The average molecular weight is 516 g/mol. The first kappa shape index (κ1) is 27.0. The summed E-state index contributed by atoms with van der Waals surface area (Å²) in [6.07, 6.45) is 5.80. The minimum absolute atomic E-state index is 0.0560. The molecular weight excluding hydrogens is 470 g/mol. The zero-order valence-electron chi connectivity index (χ0n) is 23.0. The Bertz CT molecular complexity index is 927. The number of ketones is 3. The first-order chi connectivity index (χ1) is 17.6. The van der Waals surface area contributed by atoms with E-state index in [4.69, 9.17) is 9.47 Å².